The van der Waals surface area contributed by atoms with Crippen molar-refractivity contribution in [2.45, 2.75) is 19.4 Å². The number of fused-ring (bicyclic) bond motifs is 1. The molecule has 0 unspecified atom stereocenters. The molecule has 0 atom stereocenters. The summed E-state index contributed by atoms with van der Waals surface area (Å²) in [5.74, 6) is 0.623. The first kappa shape index (κ1) is 10.9. The molecule has 0 aromatic heterocycles. The molecule has 0 saturated carbocycles. The van der Waals surface area contributed by atoms with Gasteiger partial charge in [0.25, 0.3) is 5.91 Å². The van der Waals surface area contributed by atoms with E-state index in [1.54, 1.807) is 13.8 Å². The number of anilines is 1. The lowest BCUT2D eigenvalue weighted by Gasteiger charge is -2.31. The van der Waals surface area contributed by atoms with E-state index in [0.717, 1.165) is 11.4 Å². The van der Waals surface area contributed by atoms with Gasteiger partial charge in [-0.15, -0.1) is 12.4 Å². The summed E-state index contributed by atoms with van der Waals surface area (Å²) in [6.07, 6.45) is 0. The molecule has 0 spiro atoms. The first-order chi connectivity index (χ1) is 6.09. The van der Waals surface area contributed by atoms with Crippen molar-refractivity contribution in [1.82, 2.24) is 0 Å². The minimum atomic E-state index is -0.769. The van der Waals surface area contributed by atoms with Crippen molar-refractivity contribution in [3.05, 3.63) is 24.3 Å². The van der Waals surface area contributed by atoms with Crippen LogP contribution in [0.5, 0.6) is 5.75 Å². The molecule has 1 aromatic rings. The number of halogens is 1. The summed E-state index contributed by atoms with van der Waals surface area (Å²) in [5, 5.41) is 2.79. The topological polar surface area (TPSA) is 38.3 Å². The van der Waals surface area contributed by atoms with Crippen LogP contribution >= 0.6 is 12.4 Å². The highest BCUT2D eigenvalue weighted by Crippen LogP contribution is 2.32. The van der Waals surface area contributed by atoms with E-state index in [4.69, 9.17) is 4.74 Å². The molecule has 0 fully saturated rings. The van der Waals surface area contributed by atoms with Gasteiger partial charge in [0.2, 0.25) is 0 Å². The average molecular weight is 214 g/mol. The Morgan fingerprint density at radius 1 is 1.29 bits per heavy atom. The monoisotopic (exact) mass is 213 g/mol. The molecule has 0 saturated heterocycles. The zero-order valence-electron chi connectivity index (χ0n) is 8.03. The summed E-state index contributed by atoms with van der Waals surface area (Å²) in [7, 11) is 0. The number of para-hydroxylation sites is 2. The van der Waals surface area contributed by atoms with E-state index in [1.165, 1.54) is 0 Å². The third kappa shape index (κ3) is 1.68. The van der Waals surface area contributed by atoms with Crippen LogP contribution < -0.4 is 10.1 Å². The van der Waals surface area contributed by atoms with E-state index >= 15 is 0 Å². The van der Waals surface area contributed by atoms with Gasteiger partial charge in [-0.3, -0.25) is 4.79 Å². The van der Waals surface area contributed by atoms with E-state index in [0.29, 0.717) is 0 Å². The van der Waals surface area contributed by atoms with Crippen molar-refractivity contribution in [2.24, 2.45) is 0 Å². The lowest BCUT2D eigenvalue weighted by atomic mass is 10.1. The summed E-state index contributed by atoms with van der Waals surface area (Å²) in [4.78, 5) is 11.4. The summed E-state index contributed by atoms with van der Waals surface area (Å²) < 4.78 is 5.52. The minimum absolute atomic E-state index is 0. The molecule has 14 heavy (non-hydrogen) atoms. The van der Waals surface area contributed by atoms with Gasteiger partial charge in [-0.2, -0.15) is 0 Å². The lowest BCUT2D eigenvalue weighted by Crippen LogP contribution is -2.45. The Bertz CT molecular complexity index is 363. The first-order valence-corrected chi connectivity index (χ1v) is 4.19. The van der Waals surface area contributed by atoms with Crippen LogP contribution in [0.25, 0.3) is 0 Å². The minimum Gasteiger partial charge on any atom is -0.476 e. The maximum absolute atomic E-state index is 11.4. The zero-order valence-corrected chi connectivity index (χ0v) is 8.85. The number of benzene rings is 1. The van der Waals surface area contributed by atoms with Gasteiger partial charge < -0.3 is 10.1 Å². The molecule has 0 radical (unpaired) electrons. The molecule has 76 valence electrons. The maximum atomic E-state index is 11.4. The second-order valence-electron chi connectivity index (χ2n) is 3.56. The van der Waals surface area contributed by atoms with Crippen LogP contribution in [0.2, 0.25) is 0 Å². The fraction of sp³-hybridized carbons (Fsp3) is 0.300. The molecular formula is C10H12ClNO2. The fourth-order valence-corrected chi connectivity index (χ4v) is 1.25. The van der Waals surface area contributed by atoms with Crippen LogP contribution in [-0.2, 0) is 4.79 Å². The standard InChI is InChI=1S/C10H11NO2.ClH/c1-10(2)9(12)11-7-5-3-4-6-8(7)13-10;/h3-6H,1-2H3,(H,11,12);1H. The van der Waals surface area contributed by atoms with Crippen LogP contribution in [0.4, 0.5) is 5.69 Å². The number of hydrogen-bond donors (Lipinski definition) is 1. The Morgan fingerprint density at radius 3 is 2.64 bits per heavy atom. The molecule has 1 aliphatic rings. The molecule has 1 aromatic carbocycles. The largest absolute Gasteiger partial charge is 0.476 e. The number of nitrogens with one attached hydrogen (secondary N) is 1. The molecule has 3 nitrogen and oxygen atoms in total. The van der Waals surface area contributed by atoms with Gasteiger partial charge >= 0.3 is 0 Å². The van der Waals surface area contributed by atoms with Gasteiger partial charge in [0.05, 0.1) is 5.69 Å². The van der Waals surface area contributed by atoms with Crippen LogP contribution in [0.1, 0.15) is 13.8 Å². The molecule has 1 aliphatic heterocycles. The van der Waals surface area contributed by atoms with Gasteiger partial charge in [0, 0.05) is 0 Å². The van der Waals surface area contributed by atoms with Crippen molar-refractivity contribution in [2.75, 3.05) is 5.32 Å². The Balaban J connectivity index is 0.000000980. The quantitative estimate of drug-likeness (QED) is 0.718. The van der Waals surface area contributed by atoms with E-state index in [1.807, 2.05) is 24.3 Å². The van der Waals surface area contributed by atoms with Gasteiger partial charge in [-0.25, -0.2) is 0 Å². The van der Waals surface area contributed by atoms with Gasteiger partial charge in [0.1, 0.15) is 5.75 Å². The Kier molecular flexibility index (Phi) is 2.71. The summed E-state index contributed by atoms with van der Waals surface area (Å²) in [6.45, 7) is 3.50. The average Bonchev–Trinajstić information content (AvgIpc) is 2.06. The molecule has 1 heterocycles. The third-order valence-corrected chi connectivity index (χ3v) is 2.05. The van der Waals surface area contributed by atoms with E-state index in [9.17, 15) is 4.79 Å². The highest BCUT2D eigenvalue weighted by molar-refractivity contribution is 6.00. The first-order valence-electron chi connectivity index (χ1n) is 4.19. The van der Waals surface area contributed by atoms with Crippen LogP contribution in [0.3, 0.4) is 0 Å². The van der Waals surface area contributed by atoms with Gasteiger partial charge in [-0.1, -0.05) is 12.1 Å². The molecule has 0 bridgehead atoms. The summed E-state index contributed by atoms with van der Waals surface area (Å²) in [6, 6.07) is 7.41. The Hall–Kier alpha value is -1.22. The maximum Gasteiger partial charge on any atom is 0.268 e. The summed E-state index contributed by atoms with van der Waals surface area (Å²) >= 11 is 0. The van der Waals surface area contributed by atoms with E-state index in [-0.39, 0.29) is 18.3 Å². The number of rotatable bonds is 0. The number of amides is 1. The lowest BCUT2D eigenvalue weighted by molar-refractivity contribution is -0.129. The van der Waals surface area contributed by atoms with Crippen molar-refractivity contribution in [1.29, 1.82) is 0 Å². The van der Waals surface area contributed by atoms with Crippen LogP contribution in [0.15, 0.2) is 24.3 Å². The van der Waals surface area contributed by atoms with Crippen LogP contribution in [-0.4, -0.2) is 11.5 Å². The number of ether oxygens (including phenoxy) is 1. The second kappa shape index (κ2) is 3.50. The van der Waals surface area contributed by atoms with Crippen molar-refractivity contribution in [3.63, 3.8) is 0 Å². The second-order valence-corrected chi connectivity index (χ2v) is 3.56. The predicted octanol–water partition coefficient (Wildman–Crippen LogP) is 2.22. The number of carbonyl (C=O) groups is 1. The molecule has 4 heteroatoms. The fourth-order valence-electron chi connectivity index (χ4n) is 1.25. The van der Waals surface area contributed by atoms with Crippen molar-refractivity contribution < 1.29 is 9.53 Å². The van der Waals surface area contributed by atoms with Gasteiger partial charge in [0.15, 0.2) is 5.60 Å². The van der Waals surface area contributed by atoms with E-state index < -0.39 is 5.60 Å². The number of hydrogen-bond acceptors (Lipinski definition) is 2. The molecular weight excluding hydrogens is 202 g/mol. The van der Waals surface area contributed by atoms with Crippen LogP contribution in [0, 0.1) is 0 Å². The normalized spacial score (nSPS) is 17.1. The molecule has 2 rings (SSSR count). The highest BCUT2D eigenvalue weighted by atomic mass is 35.5. The highest BCUT2D eigenvalue weighted by Gasteiger charge is 2.34. The molecule has 1 amide bonds. The SMILES string of the molecule is CC1(C)Oc2ccccc2NC1=O.Cl. The smallest absolute Gasteiger partial charge is 0.268 e. The van der Waals surface area contributed by atoms with Crippen molar-refractivity contribution in [3.8, 4) is 5.75 Å². The zero-order chi connectivity index (χ0) is 9.47. The number of carbonyl (C=O) groups excluding carboxylic acids is 1. The van der Waals surface area contributed by atoms with Crippen molar-refractivity contribution >= 4 is 24.0 Å². The molecule has 1 N–H and O–H groups in total. The van der Waals surface area contributed by atoms with E-state index in [2.05, 4.69) is 5.32 Å². The van der Waals surface area contributed by atoms with Gasteiger partial charge in [-0.05, 0) is 26.0 Å². The predicted molar refractivity (Wildman–Crippen MR) is 57.0 cm³/mol. The Labute approximate surface area is 88.9 Å². The third-order valence-electron chi connectivity index (χ3n) is 2.05. The molecule has 0 aliphatic carbocycles. The Morgan fingerprint density at radius 2 is 1.93 bits per heavy atom. The summed E-state index contributed by atoms with van der Waals surface area (Å²) in [5.41, 5.74) is -0.0271.